The summed E-state index contributed by atoms with van der Waals surface area (Å²) < 4.78 is 0. The van der Waals surface area contributed by atoms with Crippen LogP contribution in [0, 0.1) is 5.92 Å². The minimum Gasteiger partial charge on any atom is -0.396 e. The fourth-order valence-corrected chi connectivity index (χ4v) is 3.58. The first-order valence-corrected chi connectivity index (χ1v) is 9.72. The van der Waals surface area contributed by atoms with Crippen LogP contribution in [0.5, 0.6) is 0 Å². The van der Waals surface area contributed by atoms with Gasteiger partial charge in [0.15, 0.2) is 5.96 Å². The monoisotopic (exact) mass is 472 g/mol. The topological polar surface area (TPSA) is 59.9 Å². The highest BCUT2D eigenvalue weighted by molar-refractivity contribution is 14.0. The van der Waals surface area contributed by atoms with Crippen LogP contribution in [0.3, 0.4) is 0 Å². The van der Waals surface area contributed by atoms with Gasteiger partial charge in [0.25, 0.3) is 0 Å². The summed E-state index contributed by atoms with van der Waals surface area (Å²) in [5.41, 5.74) is 1.14. The summed E-state index contributed by atoms with van der Waals surface area (Å²) in [7, 11) is 0. The van der Waals surface area contributed by atoms with E-state index in [2.05, 4.69) is 34.6 Å². The molecule has 5 nitrogen and oxygen atoms in total. The van der Waals surface area contributed by atoms with Crippen molar-refractivity contribution in [1.29, 1.82) is 0 Å². The molecule has 6 heteroatoms. The van der Waals surface area contributed by atoms with E-state index >= 15 is 0 Å². The highest BCUT2D eigenvalue weighted by Gasteiger charge is 2.34. The van der Waals surface area contributed by atoms with Crippen molar-refractivity contribution in [3.63, 3.8) is 0 Å². The first kappa shape index (κ1) is 21.4. The van der Waals surface area contributed by atoms with Gasteiger partial charge in [-0.15, -0.1) is 24.0 Å². The van der Waals surface area contributed by atoms with Gasteiger partial charge in [-0.2, -0.15) is 0 Å². The molecule has 0 bridgehead atoms. The number of hydrogen-bond acceptors (Lipinski definition) is 3. The third-order valence-electron chi connectivity index (χ3n) is 5.24. The molecular weight excluding hydrogens is 439 g/mol. The zero-order valence-corrected chi connectivity index (χ0v) is 18.1. The Bertz CT molecular complexity index is 550. The van der Waals surface area contributed by atoms with Crippen molar-refractivity contribution in [3.05, 3.63) is 35.9 Å². The number of likely N-dealkylation sites (tertiary alicyclic amines) is 1. The van der Waals surface area contributed by atoms with Gasteiger partial charge in [-0.3, -0.25) is 4.99 Å². The SMILES string of the molecule is CCNC(=NCC(CO)c1ccccc1)NCC1CCN(C2CC2)C1.I. The van der Waals surface area contributed by atoms with Gasteiger partial charge < -0.3 is 20.6 Å². The molecule has 0 spiro atoms. The van der Waals surface area contributed by atoms with Gasteiger partial charge in [-0.05, 0) is 44.2 Å². The zero-order valence-electron chi connectivity index (χ0n) is 15.7. The predicted molar refractivity (Wildman–Crippen MR) is 118 cm³/mol. The molecular formula is C20H33IN4O. The van der Waals surface area contributed by atoms with E-state index in [0.717, 1.165) is 30.7 Å². The fraction of sp³-hybridized carbons (Fsp3) is 0.650. The molecule has 1 saturated heterocycles. The van der Waals surface area contributed by atoms with Crippen LogP contribution >= 0.6 is 24.0 Å². The molecule has 2 aliphatic rings. The molecule has 0 amide bonds. The number of nitrogens with zero attached hydrogens (tertiary/aromatic N) is 2. The Hall–Kier alpha value is -0.860. The Morgan fingerprint density at radius 1 is 1.23 bits per heavy atom. The average molecular weight is 472 g/mol. The van der Waals surface area contributed by atoms with Crippen LogP contribution in [0.4, 0.5) is 0 Å². The number of halogens is 1. The lowest BCUT2D eigenvalue weighted by Gasteiger charge is -2.18. The smallest absolute Gasteiger partial charge is 0.191 e. The summed E-state index contributed by atoms with van der Waals surface area (Å²) in [6.45, 7) is 7.10. The zero-order chi connectivity index (χ0) is 17.5. The lowest BCUT2D eigenvalue weighted by atomic mass is 10.0. The average Bonchev–Trinajstić information content (AvgIpc) is 3.39. The largest absolute Gasteiger partial charge is 0.396 e. The quantitative estimate of drug-likeness (QED) is 0.309. The maximum atomic E-state index is 9.70. The Morgan fingerprint density at radius 3 is 2.65 bits per heavy atom. The standard InChI is InChI=1S/C20H32N4O.HI/c1-2-21-20(22-12-16-10-11-24(14-16)19-8-9-19)23-13-18(15-25)17-6-4-3-5-7-17;/h3-7,16,18-19,25H,2,8-15H2,1H3,(H2,21,22,23);1H. The molecule has 1 heterocycles. The Morgan fingerprint density at radius 2 is 2.00 bits per heavy atom. The van der Waals surface area contributed by atoms with Crippen molar-refractivity contribution in [2.24, 2.45) is 10.9 Å². The first-order valence-electron chi connectivity index (χ1n) is 9.72. The van der Waals surface area contributed by atoms with Crippen LogP contribution in [0.2, 0.25) is 0 Å². The third kappa shape index (κ3) is 6.39. The van der Waals surface area contributed by atoms with Crippen LogP contribution < -0.4 is 10.6 Å². The molecule has 1 aromatic rings. The van der Waals surface area contributed by atoms with Crippen molar-refractivity contribution < 1.29 is 5.11 Å². The van der Waals surface area contributed by atoms with Gasteiger partial charge in [0.2, 0.25) is 0 Å². The van der Waals surface area contributed by atoms with Gasteiger partial charge in [-0.25, -0.2) is 0 Å². The van der Waals surface area contributed by atoms with Gasteiger partial charge >= 0.3 is 0 Å². The molecule has 0 radical (unpaired) electrons. The molecule has 1 aliphatic carbocycles. The number of aliphatic hydroxyl groups excluding tert-OH is 1. The molecule has 2 unspecified atom stereocenters. The first-order chi connectivity index (χ1) is 12.3. The van der Waals surface area contributed by atoms with E-state index in [1.165, 1.54) is 32.4 Å². The Balaban J connectivity index is 0.00000243. The molecule has 2 atom stereocenters. The Kier molecular flexibility index (Phi) is 9.15. The minimum absolute atomic E-state index is 0. The molecule has 3 N–H and O–H groups in total. The normalized spacial score (nSPS) is 21.9. The maximum absolute atomic E-state index is 9.70. The second kappa shape index (κ2) is 11.1. The van der Waals surface area contributed by atoms with E-state index in [4.69, 9.17) is 4.99 Å². The van der Waals surface area contributed by atoms with Crippen LogP contribution in [0.25, 0.3) is 0 Å². The predicted octanol–water partition coefficient (Wildman–Crippen LogP) is 2.42. The highest BCUT2D eigenvalue weighted by Crippen LogP contribution is 2.31. The Labute approximate surface area is 174 Å². The molecule has 3 rings (SSSR count). The number of benzene rings is 1. The fourth-order valence-electron chi connectivity index (χ4n) is 3.58. The molecule has 2 fully saturated rings. The number of rotatable bonds is 8. The van der Waals surface area contributed by atoms with Gasteiger partial charge in [-0.1, -0.05) is 30.3 Å². The van der Waals surface area contributed by atoms with Crippen LogP contribution in [-0.2, 0) is 0 Å². The van der Waals surface area contributed by atoms with Crippen LogP contribution in [-0.4, -0.2) is 61.3 Å². The van der Waals surface area contributed by atoms with E-state index < -0.39 is 0 Å². The number of hydrogen-bond donors (Lipinski definition) is 3. The number of aliphatic hydroxyl groups is 1. The summed E-state index contributed by atoms with van der Waals surface area (Å²) in [4.78, 5) is 7.36. The number of aliphatic imine (C=N–C) groups is 1. The maximum Gasteiger partial charge on any atom is 0.191 e. The molecule has 0 aromatic heterocycles. The third-order valence-corrected chi connectivity index (χ3v) is 5.24. The number of guanidine groups is 1. The van der Waals surface area contributed by atoms with Gasteiger partial charge in [0.05, 0.1) is 13.2 Å². The second-order valence-corrected chi connectivity index (χ2v) is 7.27. The van der Waals surface area contributed by atoms with Crippen LogP contribution in [0.15, 0.2) is 35.3 Å². The van der Waals surface area contributed by atoms with E-state index in [1.54, 1.807) is 0 Å². The van der Waals surface area contributed by atoms with E-state index in [-0.39, 0.29) is 36.5 Å². The van der Waals surface area contributed by atoms with E-state index in [1.807, 2.05) is 18.2 Å². The van der Waals surface area contributed by atoms with Crippen molar-refractivity contribution in [3.8, 4) is 0 Å². The van der Waals surface area contributed by atoms with Crippen molar-refractivity contribution >= 4 is 29.9 Å². The summed E-state index contributed by atoms with van der Waals surface area (Å²) in [5, 5.41) is 16.5. The second-order valence-electron chi connectivity index (χ2n) is 7.27. The van der Waals surface area contributed by atoms with Gasteiger partial charge in [0.1, 0.15) is 0 Å². The molecule has 1 aliphatic heterocycles. The minimum atomic E-state index is 0. The lowest BCUT2D eigenvalue weighted by molar-refractivity contribution is 0.268. The number of nitrogens with one attached hydrogen (secondary N) is 2. The van der Waals surface area contributed by atoms with Crippen LogP contribution in [0.1, 0.15) is 37.7 Å². The molecule has 1 saturated carbocycles. The summed E-state index contributed by atoms with van der Waals surface area (Å²) >= 11 is 0. The van der Waals surface area contributed by atoms with Crippen molar-refractivity contribution in [2.75, 3.05) is 39.3 Å². The van der Waals surface area contributed by atoms with E-state index in [0.29, 0.717) is 12.5 Å². The molecule has 26 heavy (non-hydrogen) atoms. The van der Waals surface area contributed by atoms with Gasteiger partial charge in [0, 0.05) is 31.6 Å². The highest BCUT2D eigenvalue weighted by atomic mass is 127. The lowest BCUT2D eigenvalue weighted by Crippen LogP contribution is -2.40. The summed E-state index contributed by atoms with van der Waals surface area (Å²) in [6, 6.07) is 11.0. The molecule has 1 aromatic carbocycles. The van der Waals surface area contributed by atoms with Crippen molar-refractivity contribution in [1.82, 2.24) is 15.5 Å². The van der Waals surface area contributed by atoms with E-state index in [9.17, 15) is 5.11 Å². The molecule has 146 valence electrons. The summed E-state index contributed by atoms with van der Waals surface area (Å²) in [5.74, 6) is 1.63. The van der Waals surface area contributed by atoms with Crippen molar-refractivity contribution in [2.45, 2.75) is 38.1 Å². The summed E-state index contributed by atoms with van der Waals surface area (Å²) in [6.07, 6.45) is 4.07.